The molecule has 0 saturated carbocycles. The molecule has 1 heterocycles. The topological polar surface area (TPSA) is 54.0 Å². The molecule has 1 aliphatic heterocycles. The van der Waals surface area contributed by atoms with Crippen molar-refractivity contribution in [2.75, 3.05) is 57.2 Å². The van der Waals surface area contributed by atoms with Crippen LogP contribution in [0.5, 0.6) is 11.5 Å². The zero-order chi connectivity index (χ0) is 19.9. The first-order chi connectivity index (χ1) is 13.6. The van der Waals surface area contributed by atoms with Crippen molar-refractivity contribution in [2.45, 2.75) is 13.3 Å². The summed E-state index contributed by atoms with van der Waals surface area (Å²) in [6.45, 7) is 5.91. The molecule has 0 radical (unpaired) electrons. The molecule has 0 atom stereocenters. The zero-order valence-corrected chi connectivity index (χ0v) is 16.9. The largest absolute Gasteiger partial charge is 0.497 e. The second kappa shape index (κ2) is 9.35. The molecule has 1 saturated heterocycles. The third-order valence-electron chi connectivity index (χ3n) is 5.06. The number of amides is 1. The highest BCUT2D eigenvalue weighted by Crippen LogP contribution is 2.28. The summed E-state index contributed by atoms with van der Waals surface area (Å²) >= 11 is 0. The summed E-state index contributed by atoms with van der Waals surface area (Å²) in [5.74, 6) is 1.67. The van der Waals surface area contributed by atoms with Crippen LogP contribution in [-0.2, 0) is 4.79 Å². The smallest absolute Gasteiger partial charge is 0.224 e. The number of benzene rings is 2. The van der Waals surface area contributed by atoms with Gasteiger partial charge in [0.15, 0.2) is 0 Å². The Kier molecular flexibility index (Phi) is 6.63. The highest BCUT2D eigenvalue weighted by molar-refractivity contribution is 5.77. The Hall–Kier alpha value is -2.89. The number of methoxy groups -OCH3 is 2. The fraction of sp³-hybridized carbons (Fsp3) is 0.409. The lowest BCUT2D eigenvalue weighted by Gasteiger charge is -2.36. The lowest BCUT2D eigenvalue weighted by atomic mass is 10.2. The third-order valence-corrected chi connectivity index (χ3v) is 5.06. The van der Waals surface area contributed by atoms with Crippen molar-refractivity contribution < 1.29 is 14.3 Å². The normalized spacial score (nSPS) is 14.0. The molecule has 0 unspecified atom stereocenters. The van der Waals surface area contributed by atoms with Gasteiger partial charge in [-0.15, -0.1) is 0 Å². The lowest BCUT2D eigenvalue weighted by Crippen LogP contribution is -2.49. The molecule has 3 rings (SSSR count). The Morgan fingerprint density at radius 1 is 1.04 bits per heavy atom. The van der Waals surface area contributed by atoms with Crippen LogP contribution < -0.4 is 19.7 Å². The van der Waals surface area contributed by atoms with E-state index in [9.17, 15) is 4.79 Å². The van der Waals surface area contributed by atoms with Gasteiger partial charge in [0.25, 0.3) is 0 Å². The van der Waals surface area contributed by atoms with E-state index < -0.39 is 0 Å². The van der Waals surface area contributed by atoms with Gasteiger partial charge in [-0.05, 0) is 36.8 Å². The second-order valence-electron chi connectivity index (χ2n) is 6.95. The minimum absolute atomic E-state index is 0.179. The highest BCUT2D eigenvalue weighted by Gasteiger charge is 2.21. The number of carbonyl (C=O) groups is 1. The Morgan fingerprint density at radius 3 is 2.50 bits per heavy atom. The predicted octanol–water partition coefficient (Wildman–Crippen LogP) is 3.16. The van der Waals surface area contributed by atoms with Crippen molar-refractivity contribution in [3.63, 3.8) is 0 Å². The number of nitrogens with one attached hydrogen (secondary N) is 1. The van der Waals surface area contributed by atoms with E-state index in [-0.39, 0.29) is 5.91 Å². The van der Waals surface area contributed by atoms with E-state index >= 15 is 0 Å². The van der Waals surface area contributed by atoms with E-state index in [4.69, 9.17) is 9.47 Å². The van der Waals surface area contributed by atoms with E-state index in [2.05, 4.69) is 41.4 Å². The van der Waals surface area contributed by atoms with Gasteiger partial charge < -0.3 is 24.6 Å². The minimum Gasteiger partial charge on any atom is -0.497 e. The van der Waals surface area contributed by atoms with Gasteiger partial charge in [-0.3, -0.25) is 4.79 Å². The van der Waals surface area contributed by atoms with Gasteiger partial charge in [0.2, 0.25) is 5.91 Å². The van der Waals surface area contributed by atoms with Gasteiger partial charge in [0, 0.05) is 50.9 Å². The zero-order valence-electron chi connectivity index (χ0n) is 16.9. The van der Waals surface area contributed by atoms with Gasteiger partial charge in [-0.1, -0.05) is 12.1 Å². The molecule has 1 fully saturated rings. The third kappa shape index (κ3) is 4.88. The number of hydrogen-bond donors (Lipinski definition) is 1. The van der Waals surface area contributed by atoms with Crippen molar-refractivity contribution in [3.05, 3.63) is 48.0 Å². The number of nitrogens with zero attached hydrogens (tertiary/aromatic N) is 2. The average Bonchev–Trinajstić information content (AvgIpc) is 2.73. The van der Waals surface area contributed by atoms with E-state index in [1.165, 1.54) is 11.3 Å². The van der Waals surface area contributed by atoms with Crippen molar-refractivity contribution in [3.8, 4) is 11.5 Å². The van der Waals surface area contributed by atoms with Gasteiger partial charge in [0.05, 0.1) is 19.9 Å². The fourth-order valence-corrected chi connectivity index (χ4v) is 3.45. The van der Waals surface area contributed by atoms with Crippen LogP contribution in [0.3, 0.4) is 0 Å². The Labute approximate surface area is 167 Å². The van der Waals surface area contributed by atoms with E-state index in [0.29, 0.717) is 13.0 Å². The van der Waals surface area contributed by atoms with Crippen LogP contribution >= 0.6 is 0 Å². The second-order valence-corrected chi connectivity index (χ2v) is 6.95. The predicted molar refractivity (Wildman–Crippen MR) is 113 cm³/mol. The number of rotatable bonds is 7. The number of piperazine rings is 1. The quantitative estimate of drug-likeness (QED) is 0.796. The SMILES string of the molecule is COc1ccc(OC)c(NCCC(=O)N2CCN(c3cccc(C)c3)CC2)c1. The molecule has 1 aliphatic rings. The highest BCUT2D eigenvalue weighted by atomic mass is 16.5. The molecule has 0 spiro atoms. The van der Waals surface area contributed by atoms with Crippen molar-refractivity contribution in [1.29, 1.82) is 0 Å². The molecule has 2 aromatic rings. The van der Waals surface area contributed by atoms with E-state index in [1.807, 2.05) is 23.1 Å². The summed E-state index contributed by atoms with van der Waals surface area (Å²) in [7, 11) is 3.26. The monoisotopic (exact) mass is 383 g/mol. The number of ether oxygens (including phenoxy) is 2. The summed E-state index contributed by atoms with van der Waals surface area (Å²) < 4.78 is 10.6. The molecule has 150 valence electrons. The summed E-state index contributed by atoms with van der Waals surface area (Å²) in [6.07, 6.45) is 0.449. The lowest BCUT2D eigenvalue weighted by molar-refractivity contribution is -0.131. The fourth-order valence-electron chi connectivity index (χ4n) is 3.45. The molecule has 0 bridgehead atoms. The van der Waals surface area contributed by atoms with Gasteiger partial charge in [-0.2, -0.15) is 0 Å². The van der Waals surface area contributed by atoms with Crippen molar-refractivity contribution in [1.82, 2.24) is 4.90 Å². The average molecular weight is 383 g/mol. The van der Waals surface area contributed by atoms with Crippen LogP contribution in [-0.4, -0.2) is 57.8 Å². The molecule has 6 heteroatoms. The first-order valence-corrected chi connectivity index (χ1v) is 9.66. The van der Waals surface area contributed by atoms with Crippen LogP contribution in [0.1, 0.15) is 12.0 Å². The maximum atomic E-state index is 12.6. The summed E-state index contributed by atoms with van der Waals surface area (Å²) in [6, 6.07) is 14.1. The molecular formula is C22H29N3O3. The summed E-state index contributed by atoms with van der Waals surface area (Å²) in [5.41, 5.74) is 3.33. The minimum atomic E-state index is 0.179. The molecule has 1 amide bonds. The van der Waals surface area contributed by atoms with Crippen LogP contribution in [0.15, 0.2) is 42.5 Å². The first kappa shape index (κ1) is 19.9. The summed E-state index contributed by atoms with van der Waals surface area (Å²) in [5, 5.41) is 3.29. The standard InChI is InChI=1S/C22H29N3O3/c1-17-5-4-6-18(15-17)24-11-13-25(14-12-24)22(26)9-10-23-20-16-19(27-2)7-8-21(20)28-3/h4-8,15-16,23H,9-14H2,1-3H3. The summed E-state index contributed by atoms with van der Waals surface area (Å²) in [4.78, 5) is 16.9. The molecule has 0 aliphatic carbocycles. The Balaban J connectivity index is 1.47. The number of anilines is 2. The molecule has 28 heavy (non-hydrogen) atoms. The Morgan fingerprint density at radius 2 is 1.82 bits per heavy atom. The Bertz CT molecular complexity index is 801. The van der Waals surface area contributed by atoms with Crippen molar-refractivity contribution in [2.24, 2.45) is 0 Å². The number of aryl methyl sites for hydroxylation is 1. The number of carbonyl (C=O) groups excluding carboxylic acids is 1. The first-order valence-electron chi connectivity index (χ1n) is 9.66. The van der Waals surface area contributed by atoms with Crippen LogP contribution in [0.4, 0.5) is 11.4 Å². The van der Waals surface area contributed by atoms with Gasteiger partial charge in [0.1, 0.15) is 11.5 Å². The number of hydrogen-bond acceptors (Lipinski definition) is 5. The van der Waals surface area contributed by atoms with E-state index in [1.54, 1.807) is 14.2 Å². The molecular weight excluding hydrogens is 354 g/mol. The molecule has 1 N–H and O–H groups in total. The van der Waals surface area contributed by atoms with Crippen molar-refractivity contribution >= 4 is 17.3 Å². The maximum Gasteiger partial charge on any atom is 0.224 e. The molecule has 6 nitrogen and oxygen atoms in total. The van der Waals surface area contributed by atoms with Gasteiger partial charge >= 0.3 is 0 Å². The molecule has 2 aromatic carbocycles. The maximum absolute atomic E-state index is 12.6. The molecule has 0 aromatic heterocycles. The van der Waals surface area contributed by atoms with E-state index in [0.717, 1.165) is 43.4 Å². The van der Waals surface area contributed by atoms with Gasteiger partial charge in [-0.25, -0.2) is 0 Å². The van der Waals surface area contributed by atoms with Crippen LogP contribution in [0.2, 0.25) is 0 Å². The van der Waals surface area contributed by atoms with Crippen LogP contribution in [0, 0.1) is 6.92 Å². The van der Waals surface area contributed by atoms with Crippen LogP contribution in [0.25, 0.3) is 0 Å².